The summed E-state index contributed by atoms with van der Waals surface area (Å²) in [6, 6.07) is 7.82. The summed E-state index contributed by atoms with van der Waals surface area (Å²) in [6.45, 7) is 9.32. The number of benzene rings is 1. The Bertz CT molecular complexity index is 357. The Morgan fingerprint density at radius 3 is 1.81 bits per heavy atom. The number of rotatable bonds is 1. The van der Waals surface area contributed by atoms with Gasteiger partial charge in [0.2, 0.25) is 0 Å². The number of para-hydroxylation sites is 1. The minimum absolute atomic E-state index is 0.465. The second-order valence-electron chi connectivity index (χ2n) is 5.52. The van der Waals surface area contributed by atoms with Crippen molar-refractivity contribution in [3.8, 4) is 5.75 Å². The van der Waals surface area contributed by atoms with Crippen LogP contribution >= 0.6 is 0 Å². The van der Waals surface area contributed by atoms with E-state index in [1.165, 1.54) is 0 Å². The van der Waals surface area contributed by atoms with E-state index in [0.29, 0.717) is 23.5 Å². The van der Waals surface area contributed by atoms with E-state index >= 15 is 0 Å². The largest absolute Gasteiger partial charge is 0.508 e. The quantitative estimate of drug-likeness (QED) is 0.754. The fraction of sp³-hybridized carbons (Fsp3) is 0.600. The average molecular weight is 218 g/mol. The van der Waals surface area contributed by atoms with Crippen LogP contribution in [0.15, 0.2) is 24.3 Å². The zero-order valence-electron chi connectivity index (χ0n) is 10.6. The topological polar surface area (TPSA) is 20.2 Å². The van der Waals surface area contributed by atoms with Crippen LogP contribution in [0, 0.1) is 23.7 Å². The van der Waals surface area contributed by atoms with Crippen molar-refractivity contribution in [3.05, 3.63) is 29.8 Å². The highest BCUT2D eigenvalue weighted by atomic mass is 16.3. The fourth-order valence-corrected chi connectivity index (χ4v) is 3.43. The number of phenols is 1. The zero-order chi connectivity index (χ0) is 11.9. The Balaban J connectivity index is 2.38. The summed E-state index contributed by atoms with van der Waals surface area (Å²) < 4.78 is 0. The van der Waals surface area contributed by atoms with Crippen LogP contribution in [0.4, 0.5) is 0 Å². The lowest BCUT2D eigenvalue weighted by Gasteiger charge is -2.22. The summed E-state index contributed by atoms with van der Waals surface area (Å²) in [5.74, 6) is 3.74. The van der Waals surface area contributed by atoms with Crippen LogP contribution in [0.2, 0.25) is 0 Å². The van der Waals surface area contributed by atoms with Gasteiger partial charge in [0.1, 0.15) is 5.75 Å². The first-order chi connectivity index (χ1) is 7.54. The number of phenolic OH excluding ortho intramolecular Hbond substituents is 1. The Morgan fingerprint density at radius 1 is 0.812 bits per heavy atom. The summed E-state index contributed by atoms with van der Waals surface area (Å²) in [6.07, 6.45) is 0. The van der Waals surface area contributed by atoms with Gasteiger partial charge in [0.05, 0.1) is 0 Å². The molecule has 1 aromatic carbocycles. The van der Waals surface area contributed by atoms with Gasteiger partial charge in [0.15, 0.2) is 0 Å². The van der Waals surface area contributed by atoms with Gasteiger partial charge >= 0.3 is 0 Å². The van der Waals surface area contributed by atoms with Crippen LogP contribution in [-0.2, 0) is 0 Å². The third-order valence-corrected chi connectivity index (χ3v) is 4.92. The molecule has 4 atom stereocenters. The third kappa shape index (κ3) is 1.63. The molecule has 88 valence electrons. The molecule has 0 radical (unpaired) electrons. The molecule has 0 spiro atoms. The molecule has 0 aromatic heterocycles. The van der Waals surface area contributed by atoms with Crippen LogP contribution in [-0.4, -0.2) is 5.11 Å². The Hall–Kier alpha value is -0.980. The van der Waals surface area contributed by atoms with Gasteiger partial charge in [-0.2, -0.15) is 0 Å². The van der Waals surface area contributed by atoms with E-state index in [-0.39, 0.29) is 0 Å². The van der Waals surface area contributed by atoms with Crippen molar-refractivity contribution >= 4 is 0 Å². The predicted molar refractivity (Wildman–Crippen MR) is 67.5 cm³/mol. The summed E-state index contributed by atoms with van der Waals surface area (Å²) in [7, 11) is 0. The molecule has 1 aliphatic carbocycles. The standard InChI is InChI=1S/C15H22O/c1-9-10(2)12(4)15(11(9)3)13-7-5-6-8-14(13)16/h5-12,15-16H,1-4H3. The lowest BCUT2D eigenvalue weighted by atomic mass is 9.83. The van der Waals surface area contributed by atoms with Gasteiger partial charge < -0.3 is 5.11 Å². The minimum Gasteiger partial charge on any atom is -0.508 e. The highest BCUT2D eigenvalue weighted by Crippen LogP contribution is 2.52. The van der Waals surface area contributed by atoms with Gasteiger partial charge in [-0.15, -0.1) is 0 Å². The first kappa shape index (κ1) is 11.5. The lowest BCUT2D eigenvalue weighted by Crippen LogP contribution is -2.10. The first-order valence-electron chi connectivity index (χ1n) is 6.32. The molecular weight excluding hydrogens is 196 g/mol. The molecule has 1 aromatic rings. The summed E-state index contributed by atoms with van der Waals surface area (Å²) in [5.41, 5.74) is 1.14. The monoisotopic (exact) mass is 218 g/mol. The molecule has 0 aliphatic heterocycles. The minimum atomic E-state index is 0.465. The van der Waals surface area contributed by atoms with Crippen LogP contribution in [0.25, 0.3) is 0 Å². The average Bonchev–Trinajstić information content (AvgIpc) is 2.45. The maximum Gasteiger partial charge on any atom is 0.119 e. The summed E-state index contributed by atoms with van der Waals surface area (Å²) in [4.78, 5) is 0. The van der Waals surface area contributed by atoms with Crippen LogP contribution < -0.4 is 0 Å². The Labute approximate surface area is 98.5 Å². The van der Waals surface area contributed by atoms with E-state index < -0.39 is 0 Å². The van der Waals surface area contributed by atoms with Gasteiger partial charge in [0.25, 0.3) is 0 Å². The van der Waals surface area contributed by atoms with E-state index in [0.717, 1.165) is 17.4 Å². The normalized spacial score (nSPS) is 38.9. The van der Waals surface area contributed by atoms with Crippen molar-refractivity contribution in [1.82, 2.24) is 0 Å². The van der Waals surface area contributed by atoms with Gasteiger partial charge in [-0.25, -0.2) is 0 Å². The predicted octanol–water partition coefficient (Wildman–Crippen LogP) is 4.03. The maximum absolute atomic E-state index is 9.98. The van der Waals surface area contributed by atoms with E-state index in [1.54, 1.807) is 0 Å². The second-order valence-corrected chi connectivity index (χ2v) is 5.52. The van der Waals surface area contributed by atoms with E-state index in [9.17, 15) is 5.11 Å². The van der Waals surface area contributed by atoms with Crippen molar-refractivity contribution in [3.63, 3.8) is 0 Å². The number of hydrogen-bond donors (Lipinski definition) is 1. The van der Waals surface area contributed by atoms with Crippen molar-refractivity contribution in [2.75, 3.05) is 0 Å². The first-order valence-corrected chi connectivity index (χ1v) is 6.32. The molecule has 1 aliphatic rings. The molecule has 1 saturated carbocycles. The molecule has 1 heteroatoms. The molecule has 1 fully saturated rings. The van der Waals surface area contributed by atoms with Crippen molar-refractivity contribution in [2.24, 2.45) is 23.7 Å². The van der Waals surface area contributed by atoms with Crippen LogP contribution in [0.1, 0.15) is 39.2 Å². The van der Waals surface area contributed by atoms with Crippen molar-refractivity contribution in [2.45, 2.75) is 33.6 Å². The molecule has 0 bridgehead atoms. The van der Waals surface area contributed by atoms with E-state index in [1.807, 2.05) is 18.2 Å². The third-order valence-electron chi connectivity index (χ3n) is 4.92. The van der Waals surface area contributed by atoms with Gasteiger partial charge in [0, 0.05) is 0 Å². The van der Waals surface area contributed by atoms with E-state index in [4.69, 9.17) is 0 Å². The van der Waals surface area contributed by atoms with Crippen LogP contribution in [0.3, 0.4) is 0 Å². The summed E-state index contributed by atoms with van der Waals surface area (Å²) in [5, 5.41) is 9.98. The SMILES string of the molecule is CC1C(C)C(C)C(c2ccccc2O)C1C. The lowest BCUT2D eigenvalue weighted by molar-refractivity contribution is 0.352. The maximum atomic E-state index is 9.98. The molecule has 16 heavy (non-hydrogen) atoms. The number of aromatic hydroxyl groups is 1. The van der Waals surface area contributed by atoms with Gasteiger partial charge in [-0.3, -0.25) is 0 Å². The fourth-order valence-electron chi connectivity index (χ4n) is 3.43. The molecule has 0 saturated heterocycles. The second kappa shape index (κ2) is 4.12. The molecule has 0 amide bonds. The molecule has 2 rings (SSSR count). The molecule has 1 nitrogen and oxygen atoms in total. The highest BCUT2D eigenvalue weighted by molar-refractivity contribution is 5.36. The van der Waals surface area contributed by atoms with Crippen LogP contribution in [0.5, 0.6) is 5.75 Å². The molecule has 1 N–H and O–H groups in total. The summed E-state index contributed by atoms with van der Waals surface area (Å²) >= 11 is 0. The smallest absolute Gasteiger partial charge is 0.119 e. The molecular formula is C15H22O. The highest BCUT2D eigenvalue weighted by Gasteiger charge is 2.42. The zero-order valence-corrected chi connectivity index (χ0v) is 10.6. The van der Waals surface area contributed by atoms with E-state index in [2.05, 4.69) is 33.8 Å². The van der Waals surface area contributed by atoms with Gasteiger partial charge in [-0.05, 0) is 41.2 Å². The molecule has 4 unspecified atom stereocenters. The van der Waals surface area contributed by atoms with Crippen molar-refractivity contribution in [1.29, 1.82) is 0 Å². The van der Waals surface area contributed by atoms with Gasteiger partial charge in [-0.1, -0.05) is 45.9 Å². The molecule has 0 heterocycles. The Morgan fingerprint density at radius 2 is 1.31 bits per heavy atom. The Kier molecular flexibility index (Phi) is 2.96. The van der Waals surface area contributed by atoms with Crippen molar-refractivity contribution < 1.29 is 5.11 Å². The number of hydrogen-bond acceptors (Lipinski definition) is 1.